The number of amides is 2. The van der Waals surface area contributed by atoms with Gasteiger partial charge >= 0.3 is 18.2 Å². The Balaban J connectivity index is -0.000000960. The number of unbranched alkanes of at least 4 members (excludes halogenated alkanes) is 2. The number of alkyl carbamates (subject to hydrolysis) is 2. The topological polar surface area (TPSA) is 203 Å². The quantitative estimate of drug-likeness (QED) is 0.0302. The summed E-state index contributed by atoms with van der Waals surface area (Å²) in [6.07, 6.45) is 6.45. The molecule has 0 heterocycles. The number of hydrogen-bond acceptors (Lipinski definition) is 12. The van der Waals surface area contributed by atoms with Gasteiger partial charge in [0.1, 0.15) is 25.2 Å². The Kier molecular flexibility index (Phi) is 55.2. The van der Waals surface area contributed by atoms with Crippen LogP contribution in [0.3, 0.4) is 0 Å². The Morgan fingerprint density at radius 2 is 0.870 bits per heavy atom. The molecule has 0 aromatic heterocycles. The highest BCUT2D eigenvalue weighted by molar-refractivity contribution is 5.86. The number of benzene rings is 1. The van der Waals surface area contributed by atoms with Gasteiger partial charge < -0.3 is 57.6 Å². The smallest absolute Gasteiger partial charge is 0.407 e. The van der Waals surface area contributed by atoms with Crippen LogP contribution in [0.2, 0.25) is 0 Å². The average Bonchev–Trinajstić information content (AvgIpc) is 3.10. The maximum Gasteiger partial charge on any atom is 0.407 e. The Morgan fingerprint density at radius 1 is 0.519 bits per heavy atom. The van der Waals surface area contributed by atoms with Gasteiger partial charge in [-0.25, -0.2) is 9.59 Å². The molecule has 0 aliphatic carbocycles. The molecule has 0 atom stereocenters. The Hall–Kier alpha value is -1.27. The standard InChI is InChI=1S/C34H64N8O6.6ClH/c1-34(31(43)46-27-30-13-3-2-4-14-30,28-47-32(44)41-25-11-23-39-19-7-5-17-37-21-9-15-35)29-48-33(45)42-26-12-24-40-20-8-6-18-38-22-10-16-36;;;;;;/h2-4,13-14,37-40H,5-12,15-29,35-36H2,1H3,(H,41,44)(H,42,45);6*1H. The summed E-state index contributed by atoms with van der Waals surface area (Å²) in [4.78, 5) is 37.9. The fourth-order valence-electron chi connectivity index (χ4n) is 4.37. The fourth-order valence-corrected chi connectivity index (χ4v) is 4.37. The van der Waals surface area contributed by atoms with Crippen molar-refractivity contribution in [2.45, 2.75) is 64.9 Å². The molecule has 0 saturated heterocycles. The summed E-state index contributed by atoms with van der Waals surface area (Å²) in [5, 5.41) is 18.9. The second-order valence-corrected chi connectivity index (χ2v) is 12.0. The van der Waals surface area contributed by atoms with Gasteiger partial charge in [-0.2, -0.15) is 0 Å². The number of ether oxygens (including phenoxy) is 3. The van der Waals surface area contributed by atoms with Crippen molar-refractivity contribution in [3.8, 4) is 0 Å². The maximum atomic E-state index is 13.1. The number of carbonyl (C=O) groups is 3. The second-order valence-electron chi connectivity index (χ2n) is 12.0. The number of nitrogens with one attached hydrogen (secondary N) is 6. The molecule has 0 unspecified atom stereocenters. The minimum atomic E-state index is -1.40. The van der Waals surface area contributed by atoms with Gasteiger partial charge in [0.2, 0.25) is 0 Å². The number of rotatable bonds is 31. The highest BCUT2D eigenvalue weighted by atomic mass is 35.5. The van der Waals surface area contributed by atoms with Gasteiger partial charge in [-0.15, -0.1) is 74.4 Å². The lowest BCUT2D eigenvalue weighted by molar-refractivity contribution is -0.161. The van der Waals surface area contributed by atoms with E-state index in [9.17, 15) is 14.4 Å². The highest BCUT2D eigenvalue weighted by Crippen LogP contribution is 2.21. The lowest BCUT2D eigenvalue weighted by Gasteiger charge is -2.26. The van der Waals surface area contributed by atoms with E-state index in [1.165, 1.54) is 0 Å². The Labute approximate surface area is 360 Å². The van der Waals surface area contributed by atoms with Crippen molar-refractivity contribution in [3.05, 3.63) is 35.9 Å². The van der Waals surface area contributed by atoms with Crippen LogP contribution >= 0.6 is 74.4 Å². The normalized spacial score (nSPS) is 9.98. The number of nitrogens with two attached hydrogens (primary N) is 2. The Bertz CT molecular complexity index is 927. The molecule has 1 aromatic carbocycles. The third kappa shape index (κ3) is 37.6. The molecular formula is C34H70Cl6N8O6. The third-order valence-corrected chi connectivity index (χ3v) is 7.38. The SMILES string of the molecule is CC(COC(=O)NCCCNCCCCNCCCN)(COC(=O)NCCCNCCCCNCCCN)C(=O)OCc1ccccc1.Cl.Cl.Cl.Cl.Cl.Cl. The van der Waals surface area contributed by atoms with E-state index in [0.717, 1.165) is 109 Å². The maximum absolute atomic E-state index is 13.1. The van der Waals surface area contributed by atoms with E-state index < -0.39 is 23.6 Å². The zero-order valence-corrected chi connectivity index (χ0v) is 36.6. The van der Waals surface area contributed by atoms with Gasteiger partial charge in [-0.05, 0) is 129 Å². The van der Waals surface area contributed by atoms with Gasteiger partial charge in [0, 0.05) is 13.1 Å². The van der Waals surface area contributed by atoms with Gasteiger partial charge in [-0.1, -0.05) is 30.3 Å². The van der Waals surface area contributed by atoms with Crippen molar-refractivity contribution in [1.82, 2.24) is 31.9 Å². The van der Waals surface area contributed by atoms with Crippen molar-refractivity contribution in [1.29, 1.82) is 0 Å². The molecular weight excluding hydrogens is 829 g/mol. The first-order valence-corrected chi connectivity index (χ1v) is 17.7. The van der Waals surface area contributed by atoms with Crippen LogP contribution in [0.25, 0.3) is 0 Å². The van der Waals surface area contributed by atoms with Crippen LogP contribution in [0.1, 0.15) is 63.9 Å². The van der Waals surface area contributed by atoms with Crippen molar-refractivity contribution < 1.29 is 28.6 Å². The van der Waals surface area contributed by atoms with Crippen molar-refractivity contribution in [3.63, 3.8) is 0 Å². The molecule has 0 saturated carbocycles. The van der Waals surface area contributed by atoms with Crippen molar-refractivity contribution >= 4 is 92.6 Å². The number of carbonyl (C=O) groups excluding carboxylic acids is 3. The van der Waals surface area contributed by atoms with Crippen molar-refractivity contribution in [2.75, 3.05) is 91.8 Å². The monoisotopic (exact) mass is 896 g/mol. The third-order valence-electron chi connectivity index (χ3n) is 7.38. The predicted molar refractivity (Wildman–Crippen MR) is 233 cm³/mol. The van der Waals surface area contributed by atoms with Gasteiger partial charge in [-0.3, -0.25) is 4.79 Å². The molecule has 324 valence electrons. The van der Waals surface area contributed by atoms with E-state index in [-0.39, 0.29) is 94.3 Å². The van der Waals surface area contributed by atoms with Crippen molar-refractivity contribution in [2.24, 2.45) is 16.9 Å². The van der Waals surface area contributed by atoms with Crippen LogP contribution in [-0.2, 0) is 25.6 Å². The summed E-state index contributed by atoms with van der Waals surface area (Å²) in [5.41, 5.74) is 10.4. The lowest BCUT2D eigenvalue weighted by atomic mass is 9.93. The predicted octanol–water partition coefficient (Wildman–Crippen LogP) is 4.12. The molecule has 2 amide bonds. The average molecular weight is 900 g/mol. The van der Waals surface area contributed by atoms with Crippen LogP contribution < -0.4 is 43.4 Å². The first-order valence-electron chi connectivity index (χ1n) is 17.7. The van der Waals surface area contributed by atoms with E-state index in [0.29, 0.717) is 26.2 Å². The molecule has 10 N–H and O–H groups in total. The van der Waals surface area contributed by atoms with E-state index in [1.54, 1.807) is 6.92 Å². The van der Waals surface area contributed by atoms with E-state index >= 15 is 0 Å². The minimum Gasteiger partial charge on any atom is -0.460 e. The summed E-state index contributed by atoms with van der Waals surface area (Å²) < 4.78 is 16.3. The van der Waals surface area contributed by atoms with Crippen LogP contribution in [0.5, 0.6) is 0 Å². The number of halogens is 6. The van der Waals surface area contributed by atoms with Crippen LogP contribution in [-0.4, -0.2) is 110 Å². The van der Waals surface area contributed by atoms with E-state index in [1.807, 2.05) is 30.3 Å². The Morgan fingerprint density at radius 3 is 1.24 bits per heavy atom. The largest absolute Gasteiger partial charge is 0.460 e. The number of esters is 1. The lowest BCUT2D eigenvalue weighted by Crippen LogP contribution is -2.42. The molecule has 20 heteroatoms. The summed E-state index contributed by atoms with van der Waals surface area (Å²) in [6.45, 7) is 10.4. The van der Waals surface area contributed by atoms with Gasteiger partial charge in [0.25, 0.3) is 0 Å². The second kappa shape index (κ2) is 46.1. The van der Waals surface area contributed by atoms with Gasteiger partial charge in [0.15, 0.2) is 0 Å². The van der Waals surface area contributed by atoms with Crippen LogP contribution in [0.15, 0.2) is 30.3 Å². The molecule has 0 bridgehead atoms. The molecule has 0 aliphatic heterocycles. The summed E-state index contributed by atoms with van der Waals surface area (Å²) in [5.74, 6) is -0.635. The first kappa shape index (κ1) is 64.6. The molecule has 0 spiro atoms. The van der Waals surface area contributed by atoms with E-state index in [2.05, 4.69) is 31.9 Å². The molecule has 0 radical (unpaired) electrons. The fraction of sp³-hybridized carbons (Fsp3) is 0.735. The number of hydrogen-bond donors (Lipinski definition) is 8. The summed E-state index contributed by atoms with van der Waals surface area (Å²) >= 11 is 0. The van der Waals surface area contributed by atoms with Crippen LogP contribution in [0.4, 0.5) is 9.59 Å². The van der Waals surface area contributed by atoms with E-state index in [4.69, 9.17) is 25.7 Å². The summed E-state index contributed by atoms with van der Waals surface area (Å²) in [7, 11) is 0. The van der Waals surface area contributed by atoms with Gasteiger partial charge in [0.05, 0.1) is 0 Å². The molecule has 14 nitrogen and oxygen atoms in total. The molecule has 0 aliphatic rings. The minimum absolute atomic E-state index is 0. The zero-order valence-electron chi connectivity index (χ0n) is 31.7. The molecule has 1 aromatic rings. The zero-order chi connectivity index (χ0) is 35.0. The molecule has 54 heavy (non-hydrogen) atoms. The molecule has 1 rings (SSSR count). The summed E-state index contributed by atoms with van der Waals surface area (Å²) in [6, 6.07) is 9.25. The highest BCUT2D eigenvalue weighted by Gasteiger charge is 2.38. The van der Waals surface area contributed by atoms with Crippen LogP contribution in [0, 0.1) is 5.41 Å². The first-order chi connectivity index (χ1) is 23.4. The molecule has 0 fully saturated rings.